The van der Waals surface area contributed by atoms with Crippen LogP contribution in [0.2, 0.25) is 0 Å². The van der Waals surface area contributed by atoms with Crippen molar-refractivity contribution in [2.45, 2.75) is 27.7 Å². The molecule has 11 heteroatoms. The van der Waals surface area contributed by atoms with Gasteiger partial charge in [-0.3, -0.25) is 4.99 Å². The molecule has 4 N–H and O–H groups in total. The zero-order chi connectivity index (χ0) is 28.6. The normalized spacial score (nSPS) is 12.2. The number of methoxy groups -OCH3 is 1. The van der Waals surface area contributed by atoms with Crippen LogP contribution in [0.4, 0.5) is 17.5 Å². The van der Waals surface area contributed by atoms with Crippen molar-refractivity contribution in [3.63, 3.8) is 0 Å². The Morgan fingerprint density at radius 3 is 2.60 bits per heavy atom. The number of nitrogens with two attached hydrogens (primary N) is 1. The summed E-state index contributed by atoms with van der Waals surface area (Å²) in [6.07, 6.45) is 1.42. The molecule has 2 aromatic carbocycles. The van der Waals surface area contributed by atoms with Crippen molar-refractivity contribution >= 4 is 40.2 Å². The summed E-state index contributed by atoms with van der Waals surface area (Å²) in [5, 5.41) is 6.40. The highest BCUT2D eigenvalue weighted by atomic mass is 16.5. The van der Waals surface area contributed by atoms with Crippen molar-refractivity contribution < 1.29 is 18.7 Å². The number of esters is 1. The third kappa shape index (κ3) is 6.20. The Bertz CT molecular complexity index is 1540. The largest absolute Gasteiger partial charge is 0.494 e. The molecule has 0 saturated heterocycles. The Labute approximate surface area is 232 Å². The van der Waals surface area contributed by atoms with Gasteiger partial charge in [-0.1, -0.05) is 18.2 Å². The van der Waals surface area contributed by atoms with Crippen LogP contribution < -0.4 is 21.1 Å². The van der Waals surface area contributed by atoms with E-state index < -0.39 is 5.97 Å². The molecule has 11 nitrogen and oxygen atoms in total. The number of allylic oxidation sites excluding steroid dienone is 1. The van der Waals surface area contributed by atoms with E-state index in [0.29, 0.717) is 47.3 Å². The highest BCUT2D eigenvalue weighted by molar-refractivity contribution is 5.99. The summed E-state index contributed by atoms with van der Waals surface area (Å²) in [6.45, 7) is 8.62. The van der Waals surface area contributed by atoms with Crippen LogP contribution in [0.5, 0.6) is 5.75 Å². The molecule has 0 aliphatic heterocycles. The van der Waals surface area contributed by atoms with Crippen molar-refractivity contribution in [2.24, 2.45) is 10.7 Å². The van der Waals surface area contributed by atoms with Gasteiger partial charge >= 0.3 is 5.97 Å². The third-order valence-electron chi connectivity index (χ3n) is 6.01. The van der Waals surface area contributed by atoms with Gasteiger partial charge in [0.1, 0.15) is 11.1 Å². The molecule has 0 spiro atoms. The maximum atomic E-state index is 12.8. The minimum absolute atomic E-state index is 0.163. The van der Waals surface area contributed by atoms with Crippen LogP contribution in [0, 0.1) is 0 Å². The van der Waals surface area contributed by atoms with Crippen LogP contribution in [0.15, 0.2) is 69.3 Å². The van der Waals surface area contributed by atoms with Crippen molar-refractivity contribution in [3.05, 3.63) is 65.5 Å². The van der Waals surface area contributed by atoms with Crippen molar-refractivity contribution in [2.75, 3.05) is 37.4 Å². The first-order valence-corrected chi connectivity index (χ1v) is 12.9. The zero-order valence-electron chi connectivity index (χ0n) is 23.2. The second kappa shape index (κ2) is 12.7. The lowest BCUT2D eigenvalue weighted by Gasteiger charge is -2.16. The molecular weight excluding hydrogens is 510 g/mol. The van der Waals surface area contributed by atoms with Gasteiger partial charge in [0.25, 0.3) is 0 Å². The first kappa shape index (κ1) is 28.1. The van der Waals surface area contributed by atoms with E-state index in [4.69, 9.17) is 19.6 Å². The van der Waals surface area contributed by atoms with Crippen molar-refractivity contribution in [1.29, 1.82) is 0 Å². The number of para-hydroxylation sites is 3. The van der Waals surface area contributed by atoms with Crippen LogP contribution >= 0.6 is 0 Å². The number of anilines is 3. The number of hydrogen-bond acceptors (Lipinski definition) is 11. The molecule has 40 heavy (non-hydrogen) atoms. The molecule has 0 atom stereocenters. The summed E-state index contributed by atoms with van der Waals surface area (Å²) < 4.78 is 17.0. The van der Waals surface area contributed by atoms with Crippen LogP contribution in [0.25, 0.3) is 22.6 Å². The Hall–Kier alpha value is -4.93. The van der Waals surface area contributed by atoms with Gasteiger partial charge in [-0.2, -0.15) is 4.98 Å². The second-order valence-corrected chi connectivity index (χ2v) is 8.75. The molecule has 4 aromatic rings. The molecule has 0 radical (unpaired) electrons. The molecule has 2 heterocycles. The van der Waals surface area contributed by atoms with E-state index in [1.165, 1.54) is 6.20 Å². The van der Waals surface area contributed by atoms with Gasteiger partial charge in [0, 0.05) is 36.3 Å². The lowest BCUT2D eigenvalue weighted by Crippen LogP contribution is -2.18. The highest BCUT2D eigenvalue weighted by Gasteiger charge is 2.21. The number of fused-ring (bicyclic) bond motifs is 1. The molecule has 208 valence electrons. The SMILES string of the molecule is CCN=C(C)C(CNc1ncc(C(=O)OCC)c(Nc2cccc(-c3nc4ccccc4o3)c2OC)n1)=C(C)N. The van der Waals surface area contributed by atoms with E-state index >= 15 is 0 Å². The number of ether oxygens (including phenoxy) is 2. The minimum atomic E-state index is -0.560. The molecular formula is C29H33N7O4. The van der Waals surface area contributed by atoms with Gasteiger partial charge in [-0.05, 0) is 52.0 Å². The topological polar surface area (TPSA) is 150 Å². The van der Waals surface area contributed by atoms with E-state index in [2.05, 4.69) is 30.6 Å². The fourth-order valence-corrected chi connectivity index (χ4v) is 4.11. The van der Waals surface area contributed by atoms with Gasteiger partial charge in [-0.25, -0.2) is 14.8 Å². The standard InChI is InChI=1S/C29H33N7O4/c1-6-31-18(4)20(17(3)30)15-32-29-33-16-21(28(37)39-7-2)26(36-29)34-23-13-10-11-19(25(23)38-5)27-35-22-12-8-9-14-24(22)40-27/h8-14,16H,6-7,15,30H2,1-5H3,(H2,32,33,34,36). The molecule has 0 saturated carbocycles. The predicted octanol–water partition coefficient (Wildman–Crippen LogP) is 5.34. The minimum Gasteiger partial charge on any atom is -0.494 e. The molecule has 2 aromatic heterocycles. The number of aliphatic imine (C=N–C) groups is 1. The monoisotopic (exact) mass is 543 g/mol. The second-order valence-electron chi connectivity index (χ2n) is 8.75. The van der Waals surface area contributed by atoms with E-state index in [9.17, 15) is 4.79 Å². The number of aromatic nitrogens is 3. The Balaban J connectivity index is 1.71. The summed E-state index contributed by atoms with van der Waals surface area (Å²) in [5.41, 5.74) is 11.2. The smallest absolute Gasteiger partial charge is 0.343 e. The van der Waals surface area contributed by atoms with Gasteiger partial charge in [-0.15, -0.1) is 0 Å². The summed E-state index contributed by atoms with van der Waals surface area (Å²) in [5.74, 6) is 0.825. The summed E-state index contributed by atoms with van der Waals surface area (Å²) in [7, 11) is 1.55. The lowest BCUT2D eigenvalue weighted by atomic mass is 10.1. The van der Waals surface area contributed by atoms with E-state index in [0.717, 1.165) is 16.8 Å². The van der Waals surface area contributed by atoms with E-state index in [1.54, 1.807) is 20.1 Å². The Morgan fingerprint density at radius 2 is 1.90 bits per heavy atom. The van der Waals surface area contributed by atoms with E-state index in [-0.39, 0.29) is 23.9 Å². The number of carbonyl (C=O) groups excluding carboxylic acids is 1. The number of benzene rings is 2. The molecule has 0 aliphatic carbocycles. The summed E-state index contributed by atoms with van der Waals surface area (Å²) in [4.78, 5) is 30.7. The lowest BCUT2D eigenvalue weighted by molar-refractivity contribution is 0.0526. The van der Waals surface area contributed by atoms with Crippen LogP contribution in [-0.2, 0) is 4.74 Å². The van der Waals surface area contributed by atoms with Gasteiger partial charge in [0.15, 0.2) is 17.2 Å². The maximum absolute atomic E-state index is 12.8. The first-order valence-electron chi connectivity index (χ1n) is 12.9. The first-order chi connectivity index (χ1) is 19.4. The molecule has 0 aliphatic rings. The molecule has 4 rings (SSSR count). The maximum Gasteiger partial charge on any atom is 0.343 e. The summed E-state index contributed by atoms with van der Waals surface area (Å²) >= 11 is 0. The molecule has 0 unspecified atom stereocenters. The quantitative estimate of drug-likeness (QED) is 0.167. The van der Waals surface area contributed by atoms with Gasteiger partial charge in [0.05, 0.1) is 25.0 Å². The van der Waals surface area contributed by atoms with Crippen LogP contribution in [0.3, 0.4) is 0 Å². The highest BCUT2D eigenvalue weighted by Crippen LogP contribution is 2.38. The average molecular weight is 544 g/mol. The molecule has 0 fully saturated rings. The molecule has 0 bridgehead atoms. The molecule has 0 amide bonds. The fourth-order valence-electron chi connectivity index (χ4n) is 4.11. The fraction of sp³-hybridized carbons (Fsp3) is 0.276. The Kier molecular flexibility index (Phi) is 8.95. The predicted molar refractivity (Wildman–Crippen MR) is 156 cm³/mol. The summed E-state index contributed by atoms with van der Waals surface area (Å²) in [6, 6.07) is 13.0. The van der Waals surface area contributed by atoms with Crippen molar-refractivity contribution in [1.82, 2.24) is 15.0 Å². The van der Waals surface area contributed by atoms with Crippen molar-refractivity contribution in [3.8, 4) is 17.2 Å². The Morgan fingerprint density at radius 1 is 1.10 bits per heavy atom. The van der Waals surface area contributed by atoms with Crippen LogP contribution in [-0.4, -0.2) is 53.4 Å². The van der Waals surface area contributed by atoms with E-state index in [1.807, 2.05) is 57.2 Å². The number of rotatable bonds is 11. The number of hydrogen-bond donors (Lipinski definition) is 3. The van der Waals surface area contributed by atoms with Gasteiger partial charge in [0.2, 0.25) is 11.8 Å². The third-order valence-corrected chi connectivity index (χ3v) is 6.01. The number of nitrogens with zero attached hydrogens (tertiary/aromatic N) is 4. The van der Waals surface area contributed by atoms with Crippen LogP contribution in [0.1, 0.15) is 38.1 Å². The average Bonchev–Trinajstić information content (AvgIpc) is 3.37. The zero-order valence-corrected chi connectivity index (χ0v) is 23.2. The van der Waals surface area contributed by atoms with Gasteiger partial charge < -0.3 is 30.3 Å². The number of nitrogens with one attached hydrogen (secondary N) is 2. The number of oxazole rings is 1. The number of carbonyl (C=O) groups is 1.